The summed E-state index contributed by atoms with van der Waals surface area (Å²) in [5.74, 6) is 0.225. The van der Waals surface area contributed by atoms with Gasteiger partial charge in [0.2, 0.25) is 5.91 Å². The molecule has 0 unspecified atom stereocenters. The van der Waals surface area contributed by atoms with Gasteiger partial charge in [-0.3, -0.25) is 13.9 Å². The molecule has 0 saturated carbocycles. The molecule has 0 radical (unpaired) electrons. The third-order valence-electron chi connectivity index (χ3n) is 4.60. The number of sulfonamides is 1. The number of carbonyl (C=O) groups is 2. The van der Waals surface area contributed by atoms with E-state index in [1.54, 1.807) is 24.3 Å². The quantitative estimate of drug-likeness (QED) is 0.889. The molecule has 2 aliphatic heterocycles. The summed E-state index contributed by atoms with van der Waals surface area (Å²) in [6.45, 7) is 0.0781. The van der Waals surface area contributed by atoms with Gasteiger partial charge >= 0.3 is 0 Å². The van der Waals surface area contributed by atoms with Gasteiger partial charge < -0.3 is 10.1 Å². The Bertz CT molecular complexity index is 1050. The SMILES string of the molecule is COc1ccc2c(c1)C(=O)CCN2S(=O)(=O)c1ccc2c(c1)CC(=O)N2. The Hall–Kier alpha value is -2.87. The van der Waals surface area contributed by atoms with Crippen molar-refractivity contribution in [2.45, 2.75) is 17.7 Å². The van der Waals surface area contributed by atoms with Crippen LogP contribution in [0.4, 0.5) is 11.4 Å². The Labute approximate surface area is 150 Å². The zero-order valence-electron chi connectivity index (χ0n) is 14.0. The van der Waals surface area contributed by atoms with Crippen LogP contribution in [0, 0.1) is 0 Å². The summed E-state index contributed by atoms with van der Waals surface area (Å²) in [5, 5.41) is 2.68. The van der Waals surface area contributed by atoms with Crippen molar-refractivity contribution < 1.29 is 22.7 Å². The molecule has 0 bridgehead atoms. The lowest BCUT2D eigenvalue weighted by Gasteiger charge is -2.30. The zero-order valence-corrected chi connectivity index (χ0v) is 14.8. The molecular formula is C18H16N2O5S. The van der Waals surface area contributed by atoms with Gasteiger partial charge in [-0.25, -0.2) is 8.42 Å². The number of methoxy groups -OCH3 is 1. The van der Waals surface area contributed by atoms with E-state index in [0.717, 1.165) is 0 Å². The average molecular weight is 372 g/mol. The first-order valence-electron chi connectivity index (χ1n) is 8.07. The molecule has 0 fully saturated rings. The Morgan fingerprint density at radius 1 is 1.12 bits per heavy atom. The lowest BCUT2D eigenvalue weighted by Crippen LogP contribution is -2.37. The van der Waals surface area contributed by atoms with E-state index < -0.39 is 10.0 Å². The van der Waals surface area contributed by atoms with Crippen molar-refractivity contribution in [2.75, 3.05) is 23.3 Å². The van der Waals surface area contributed by atoms with Crippen molar-refractivity contribution in [3.63, 3.8) is 0 Å². The second-order valence-electron chi connectivity index (χ2n) is 6.18. The molecule has 1 amide bonds. The molecule has 2 aromatic rings. The third kappa shape index (κ3) is 2.53. The number of amides is 1. The summed E-state index contributed by atoms with van der Waals surface area (Å²) in [4.78, 5) is 23.8. The fraction of sp³-hybridized carbons (Fsp3) is 0.222. The van der Waals surface area contributed by atoms with Crippen LogP contribution in [-0.2, 0) is 21.2 Å². The summed E-state index contributed by atoms with van der Waals surface area (Å²) in [7, 11) is -2.37. The van der Waals surface area contributed by atoms with Gasteiger partial charge in [0.15, 0.2) is 5.78 Å². The molecule has 1 N–H and O–H groups in total. The Balaban J connectivity index is 1.78. The van der Waals surface area contributed by atoms with Crippen molar-refractivity contribution >= 4 is 33.1 Å². The lowest BCUT2D eigenvalue weighted by atomic mass is 10.0. The largest absolute Gasteiger partial charge is 0.497 e. The van der Waals surface area contributed by atoms with Gasteiger partial charge in [0.05, 0.1) is 24.1 Å². The van der Waals surface area contributed by atoms with Crippen LogP contribution < -0.4 is 14.4 Å². The molecule has 0 spiro atoms. The predicted octanol–water partition coefficient (Wildman–Crippen LogP) is 1.97. The number of rotatable bonds is 3. The second kappa shape index (κ2) is 5.84. The fourth-order valence-electron chi connectivity index (χ4n) is 3.28. The van der Waals surface area contributed by atoms with E-state index >= 15 is 0 Å². The minimum atomic E-state index is -3.86. The average Bonchev–Trinajstić information content (AvgIpc) is 3.00. The number of fused-ring (bicyclic) bond motifs is 2. The van der Waals surface area contributed by atoms with Crippen LogP contribution in [0.5, 0.6) is 5.75 Å². The van der Waals surface area contributed by atoms with E-state index in [0.29, 0.717) is 28.3 Å². The Kier molecular flexibility index (Phi) is 3.73. The topological polar surface area (TPSA) is 92.8 Å². The molecule has 2 aromatic carbocycles. The maximum atomic E-state index is 13.2. The van der Waals surface area contributed by atoms with E-state index in [1.165, 1.54) is 23.5 Å². The molecule has 8 heteroatoms. The number of carbonyl (C=O) groups excluding carboxylic acids is 2. The van der Waals surface area contributed by atoms with Gasteiger partial charge in [0.25, 0.3) is 10.0 Å². The number of nitrogens with zero attached hydrogens (tertiary/aromatic N) is 1. The van der Waals surface area contributed by atoms with E-state index in [-0.39, 0.29) is 36.0 Å². The van der Waals surface area contributed by atoms with Crippen LogP contribution in [0.25, 0.3) is 0 Å². The highest BCUT2D eigenvalue weighted by Gasteiger charge is 2.33. The lowest BCUT2D eigenvalue weighted by molar-refractivity contribution is -0.115. The smallest absolute Gasteiger partial charge is 0.264 e. The summed E-state index contributed by atoms with van der Waals surface area (Å²) < 4.78 is 32.7. The number of anilines is 2. The fourth-order valence-corrected chi connectivity index (χ4v) is 4.82. The minimum Gasteiger partial charge on any atom is -0.497 e. The van der Waals surface area contributed by atoms with Crippen LogP contribution in [0.2, 0.25) is 0 Å². The number of Topliss-reactive ketones (excluding diaryl/α,β-unsaturated/α-hetero) is 1. The number of benzene rings is 2. The molecule has 0 atom stereocenters. The van der Waals surface area contributed by atoms with Gasteiger partial charge in [0.1, 0.15) is 5.75 Å². The highest BCUT2D eigenvalue weighted by atomic mass is 32.2. The van der Waals surface area contributed by atoms with E-state index in [4.69, 9.17) is 4.74 Å². The van der Waals surface area contributed by atoms with Crippen LogP contribution in [0.15, 0.2) is 41.3 Å². The first-order valence-corrected chi connectivity index (χ1v) is 9.51. The number of ether oxygens (including phenoxy) is 1. The van der Waals surface area contributed by atoms with Crippen molar-refractivity contribution in [1.29, 1.82) is 0 Å². The summed E-state index contributed by atoms with van der Waals surface area (Å²) in [6, 6.07) is 9.36. The number of hydrogen-bond donors (Lipinski definition) is 1. The van der Waals surface area contributed by atoms with Crippen LogP contribution in [0.1, 0.15) is 22.3 Å². The van der Waals surface area contributed by atoms with E-state index in [9.17, 15) is 18.0 Å². The highest BCUT2D eigenvalue weighted by Crippen LogP contribution is 2.35. The maximum absolute atomic E-state index is 13.2. The summed E-state index contributed by atoms with van der Waals surface area (Å²) in [6.07, 6.45) is 0.259. The molecular weight excluding hydrogens is 356 g/mol. The first kappa shape index (κ1) is 16.6. The number of ketones is 1. The molecule has 2 aliphatic rings. The molecule has 26 heavy (non-hydrogen) atoms. The zero-order chi connectivity index (χ0) is 18.5. The van der Waals surface area contributed by atoms with Crippen LogP contribution in [-0.4, -0.2) is 33.8 Å². The van der Waals surface area contributed by atoms with Crippen molar-refractivity contribution in [3.05, 3.63) is 47.5 Å². The van der Waals surface area contributed by atoms with Gasteiger partial charge in [-0.1, -0.05) is 0 Å². The molecule has 4 rings (SSSR count). The molecule has 134 valence electrons. The summed E-state index contributed by atoms with van der Waals surface area (Å²) in [5.41, 5.74) is 1.96. The number of nitrogens with one attached hydrogen (secondary N) is 1. The van der Waals surface area contributed by atoms with Crippen LogP contribution in [0.3, 0.4) is 0 Å². The van der Waals surface area contributed by atoms with Crippen molar-refractivity contribution in [1.82, 2.24) is 0 Å². The van der Waals surface area contributed by atoms with Crippen molar-refractivity contribution in [2.24, 2.45) is 0 Å². The summed E-state index contributed by atoms with van der Waals surface area (Å²) >= 11 is 0. The molecule has 2 heterocycles. The minimum absolute atomic E-state index is 0.0781. The highest BCUT2D eigenvalue weighted by molar-refractivity contribution is 7.92. The van der Waals surface area contributed by atoms with Gasteiger partial charge in [-0.05, 0) is 42.0 Å². The predicted molar refractivity (Wildman–Crippen MR) is 95.2 cm³/mol. The standard InChI is InChI=1S/C18H16N2O5S/c1-25-12-2-5-16-14(10-12)17(21)6-7-20(16)26(23,24)13-3-4-15-11(8-13)9-18(22)19-15/h2-5,8,10H,6-7,9H2,1H3,(H,19,22). The molecule has 0 aliphatic carbocycles. The second-order valence-corrected chi connectivity index (χ2v) is 8.04. The Morgan fingerprint density at radius 2 is 1.92 bits per heavy atom. The van der Waals surface area contributed by atoms with E-state index in [2.05, 4.69) is 5.32 Å². The maximum Gasteiger partial charge on any atom is 0.264 e. The Morgan fingerprint density at radius 3 is 2.69 bits per heavy atom. The van der Waals surface area contributed by atoms with Gasteiger partial charge in [0, 0.05) is 24.2 Å². The van der Waals surface area contributed by atoms with Crippen molar-refractivity contribution in [3.8, 4) is 5.75 Å². The van der Waals surface area contributed by atoms with Gasteiger partial charge in [-0.15, -0.1) is 0 Å². The van der Waals surface area contributed by atoms with Crippen LogP contribution >= 0.6 is 0 Å². The first-order chi connectivity index (χ1) is 12.4. The molecule has 0 saturated heterocycles. The molecule has 0 aromatic heterocycles. The van der Waals surface area contributed by atoms with Gasteiger partial charge in [-0.2, -0.15) is 0 Å². The van der Waals surface area contributed by atoms with E-state index in [1.807, 2.05) is 0 Å². The number of hydrogen-bond acceptors (Lipinski definition) is 5. The normalized spacial score (nSPS) is 16.1. The molecule has 7 nitrogen and oxygen atoms in total. The monoisotopic (exact) mass is 372 g/mol. The third-order valence-corrected chi connectivity index (χ3v) is 6.41.